The molecule has 1 N–H and O–H groups in total. The molecule has 0 amide bonds. The van der Waals surface area contributed by atoms with Gasteiger partial charge in [0, 0.05) is 58.7 Å². The minimum absolute atomic E-state index is 0.462. The van der Waals surface area contributed by atoms with Gasteiger partial charge in [-0.25, -0.2) is 4.98 Å². The van der Waals surface area contributed by atoms with Gasteiger partial charge in [0.1, 0.15) is 18.2 Å². The van der Waals surface area contributed by atoms with Crippen molar-refractivity contribution in [2.75, 3.05) is 45.9 Å². The second-order valence-corrected chi connectivity index (χ2v) is 7.96. The van der Waals surface area contributed by atoms with Crippen molar-refractivity contribution in [3.8, 4) is 5.75 Å². The van der Waals surface area contributed by atoms with Crippen molar-refractivity contribution in [1.82, 2.24) is 19.4 Å². The van der Waals surface area contributed by atoms with E-state index in [9.17, 15) is 5.11 Å². The van der Waals surface area contributed by atoms with E-state index >= 15 is 0 Å². The standard InChI is InChI=1S/C21H30N4O3/c1-23-9-7-22-20(23)15-28-19-4-2-18(3-5-19)14-25-8-6-21(26,17-25)16-24-10-12-27-13-11-24/h2-5,7,9,26H,6,8,10-17H2,1H3. The van der Waals surface area contributed by atoms with Gasteiger partial charge in [0.05, 0.1) is 18.8 Å². The van der Waals surface area contributed by atoms with E-state index in [0.29, 0.717) is 6.61 Å². The predicted molar refractivity (Wildman–Crippen MR) is 106 cm³/mol. The number of β-amino-alcohol motifs (C(OH)–C–C–N with tert-alkyl or cyclic N) is 1. The average Bonchev–Trinajstić information content (AvgIpc) is 3.27. The number of ether oxygens (including phenoxy) is 2. The van der Waals surface area contributed by atoms with Gasteiger partial charge < -0.3 is 19.1 Å². The molecule has 1 aromatic carbocycles. The quantitative estimate of drug-likeness (QED) is 0.773. The van der Waals surface area contributed by atoms with Crippen LogP contribution in [0.3, 0.4) is 0 Å². The Hall–Kier alpha value is -1.93. The molecule has 2 saturated heterocycles. The summed E-state index contributed by atoms with van der Waals surface area (Å²) in [5, 5.41) is 11.0. The van der Waals surface area contributed by atoms with Crippen molar-refractivity contribution >= 4 is 0 Å². The summed E-state index contributed by atoms with van der Waals surface area (Å²) >= 11 is 0. The second-order valence-electron chi connectivity index (χ2n) is 7.96. The van der Waals surface area contributed by atoms with Crippen molar-refractivity contribution < 1.29 is 14.6 Å². The molecular formula is C21H30N4O3. The van der Waals surface area contributed by atoms with E-state index in [2.05, 4.69) is 26.9 Å². The van der Waals surface area contributed by atoms with Crippen LogP contribution in [0.25, 0.3) is 0 Å². The number of likely N-dealkylation sites (tertiary alicyclic amines) is 1. The van der Waals surface area contributed by atoms with E-state index in [1.54, 1.807) is 6.20 Å². The van der Waals surface area contributed by atoms with E-state index in [1.165, 1.54) is 5.56 Å². The van der Waals surface area contributed by atoms with Crippen molar-refractivity contribution in [1.29, 1.82) is 0 Å². The SMILES string of the molecule is Cn1ccnc1COc1ccc(CN2CCC(O)(CN3CCOCC3)C2)cc1. The van der Waals surface area contributed by atoms with Crippen molar-refractivity contribution in [2.24, 2.45) is 7.05 Å². The highest BCUT2D eigenvalue weighted by atomic mass is 16.5. The normalized spacial score (nSPS) is 23.9. The Morgan fingerprint density at radius 1 is 1.14 bits per heavy atom. The third kappa shape index (κ3) is 4.91. The van der Waals surface area contributed by atoms with Gasteiger partial charge in [-0.2, -0.15) is 0 Å². The zero-order valence-corrected chi connectivity index (χ0v) is 16.6. The monoisotopic (exact) mass is 386 g/mol. The van der Waals surface area contributed by atoms with Gasteiger partial charge in [0.2, 0.25) is 0 Å². The maximum absolute atomic E-state index is 11.0. The number of aryl methyl sites for hydroxylation is 1. The fourth-order valence-corrected chi connectivity index (χ4v) is 4.01. The Morgan fingerprint density at radius 3 is 2.64 bits per heavy atom. The van der Waals surface area contributed by atoms with Gasteiger partial charge in [0.15, 0.2) is 0 Å². The molecule has 0 saturated carbocycles. The molecule has 7 nitrogen and oxygen atoms in total. The molecule has 2 aliphatic heterocycles. The van der Waals surface area contributed by atoms with E-state index < -0.39 is 5.60 Å². The highest BCUT2D eigenvalue weighted by Crippen LogP contribution is 2.25. The van der Waals surface area contributed by atoms with Crippen molar-refractivity contribution in [3.05, 3.63) is 48.0 Å². The van der Waals surface area contributed by atoms with Gasteiger partial charge in [-0.3, -0.25) is 9.80 Å². The maximum Gasteiger partial charge on any atom is 0.146 e. The first-order chi connectivity index (χ1) is 13.6. The van der Waals surface area contributed by atoms with Crippen LogP contribution in [0.2, 0.25) is 0 Å². The van der Waals surface area contributed by atoms with Gasteiger partial charge in [0.25, 0.3) is 0 Å². The van der Waals surface area contributed by atoms with E-state index in [-0.39, 0.29) is 0 Å². The predicted octanol–water partition coefficient (Wildman–Crippen LogP) is 1.27. The molecule has 0 spiro atoms. The van der Waals surface area contributed by atoms with Crippen LogP contribution in [0.1, 0.15) is 17.8 Å². The smallest absolute Gasteiger partial charge is 0.146 e. The largest absolute Gasteiger partial charge is 0.486 e. The summed E-state index contributed by atoms with van der Waals surface area (Å²) < 4.78 is 13.2. The van der Waals surface area contributed by atoms with Crippen LogP contribution in [0.5, 0.6) is 5.75 Å². The molecule has 1 atom stereocenters. The first kappa shape index (κ1) is 19.4. The van der Waals surface area contributed by atoms with E-state index in [1.807, 2.05) is 29.9 Å². The Morgan fingerprint density at radius 2 is 1.93 bits per heavy atom. The summed E-state index contributed by atoms with van der Waals surface area (Å²) in [5.74, 6) is 1.75. The molecule has 4 rings (SSSR count). The highest BCUT2D eigenvalue weighted by Gasteiger charge is 2.37. The molecule has 2 aromatic rings. The summed E-state index contributed by atoms with van der Waals surface area (Å²) in [6.07, 6.45) is 4.52. The van der Waals surface area contributed by atoms with Crippen LogP contribution in [0, 0.1) is 0 Å². The van der Waals surface area contributed by atoms with Gasteiger partial charge in [-0.15, -0.1) is 0 Å². The number of rotatable bonds is 7. The van der Waals surface area contributed by atoms with Crippen LogP contribution < -0.4 is 4.74 Å². The summed E-state index contributed by atoms with van der Waals surface area (Å²) in [7, 11) is 1.96. The Balaban J connectivity index is 1.26. The topological polar surface area (TPSA) is 63.0 Å². The first-order valence-electron chi connectivity index (χ1n) is 10.0. The van der Waals surface area contributed by atoms with Crippen LogP contribution in [-0.4, -0.2) is 76.0 Å². The summed E-state index contributed by atoms with van der Waals surface area (Å²) in [6, 6.07) is 8.22. The number of aromatic nitrogens is 2. The lowest BCUT2D eigenvalue weighted by Crippen LogP contribution is -2.48. The maximum atomic E-state index is 11.0. The molecule has 2 aliphatic rings. The fourth-order valence-electron chi connectivity index (χ4n) is 4.01. The molecule has 3 heterocycles. The molecule has 152 valence electrons. The zero-order chi connectivity index (χ0) is 19.4. The number of hydrogen-bond donors (Lipinski definition) is 1. The summed E-state index contributed by atoms with van der Waals surface area (Å²) in [5.41, 5.74) is 0.627. The minimum Gasteiger partial charge on any atom is -0.486 e. The molecular weight excluding hydrogens is 356 g/mol. The molecule has 1 aromatic heterocycles. The number of imidazole rings is 1. The van der Waals surface area contributed by atoms with Gasteiger partial charge >= 0.3 is 0 Å². The lowest BCUT2D eigenvalue weighted by Gasteiger charge is -2.33. The Labute approximate surface area is 166 Å². The fraction of sp³-hybridized carbons (Fsp3) is 0.571. The van der Waals surface area contributed by atoms with E-state index in [4.69, 9.17) is 9.47 Å². The van der Waals surface area contributed by atoms with Gasteiger partial charge in [-0.1, -0.05) is 12.1 Å². The molecule has 7 heteroatoms. The molecule has 2 fully saturated rings. The van der Waals surface area contributed by atoms with Crippen LogP contribution in [-0.2, 0) is 24.9 Å². The number of nitrogens with zero attached hydrogens (tertiary/aromatic N) is 4. The number of benzene rings is 1. The molecule has 28 heavy (non-hydrogen) atoms. The number of hydrogen-bond acceptors (Lipinski definition) is 6. The average molecular weight is 386 g/mol. The summed E-state index contributed by atoms with van der Waals surface area (Å²) in [4.78, 5) is 8.93. The second kappa shape index (κ2) is 8.61. The Kier molecular flexibility index (Phi) is 5.96. The van der Waals surface area contributed by atoms with Crippen molar-refractivity contribution in [3.63, 3.8) is 0 Å². The molecule has 0 bridgehead atoms. The third-order valence-electron chi connectivity index (χ3n) is 5.65. The highest BCUT2D eigenvalue weighted by molar-refractivity contribution is 5.27. The molecule has 1 unspecified atom stereocenters. The van der Waals surface area contributed by atoms with Crippen LogP contribution in [0.15, 0.2) is 36.7 Å². The number of morpholine rings is 1. The van der Waals surface area contributed by atoms with Gasteiger partial charge in [-0.05, 0) is 24.1 Å². The lowest BCUT2D eigenvalue weighted by molar-refractivity contribution is -0.0266. The molecule has 0 aliphatic carbocycles. The van der Waals surface area contributed by atoms with Crippen molar-refractivity contribution in [2.45, 2.75) is 25.2 Å². The van der Waals surface area contributed by atoms with E-state index in [0.717, 1.165) is 70.5 Å². The molecule has 0 radical (unpaired) electrons. The minimum atomic E-state index is -0.609. The Bertz CT molecular complexity index is 757. The van der Waals surface area contributed by atoms with Crippen LogP contribution in [0.4, 0.5) is 0 Å². The zero-order valence-electron chi connectivity index (χ0n) is 16.6. The third-order valence-corrected chi connectivity index (χ3v) is 5.65. The summed E-state index contributed by atoms with van der Waals surface area (Å²) in [6.45, 7) is 7.09. The lowest BCUT2D eigenvalue weighted by atomic mass is 10.0. The first-order valence-corrected chi connectivity index (χ1v) is 10.0. The van der Waals surface area contributed by atoms with Crippen LogP contribution >= 0.6 is 0 Å². The number of aliphatic hydroxyl groups is 1.